The molecule has 3 N–H and O–H groups in total. The van der Waals surface area contributed by atoms with E-state index >= 15 is 0 Å². The van der Waals surface area contributed by atoms with E-state index in [4.69, 9.17) is 5.73 Å². The largest absolute Gasteiger partial charge is 0.383 e. The molecule has 0 aliphatic heterocycles. The summed E-state index contributed by atoms with van der Waals surface area (Å²) in [6.07, 6.45) is 5.74. The number of anilines is 1. The SMILES string of the molecule is C=Cc1cc2c(C(=O)n3nc4c(c3N)CCCC4)cccc2[nH]1. The predicted molar refractivity (Wildman–Crippen MR) is 91.4 cm³/mol. The van der Waals surface area contributed by atoms with Crippen LogP contribution in [0, 0.1) is 0 Å². The second kappa shape index (κ2) is 5.12. The van der Waals surface area contributed by atoms with E-state index in [1.165, 1.54) is 4.68 Å². The molecular formula is C18H18N4O. The fourth-order valence-corrected chi connectivity index (χ4v) is 3.32. The molecule has 0 unspecified atom stereocenters. The molecule has 5 heteroatoms. The predicted octanol–water partition coefficient (Wildman–Crippen LogP) is 3.16. The molecule has 0 spiro atoms. The Kier molecular flexibility index (Phi) is 3.08. The third kappa shape index (κ3) is 2.08. The van der Waals surface area contributed by atoms with E-state index in [2.05, 4.69) is 16.7 Å². The van der Waals surface area contributed by atoms with E-state index in [1.54, 1.807) is 6.08 Å². The van der Waals surface area contributed by atoms with E-state index in [1.807, 2.05) is 24.3 Å². The molecule has 23 heavy (non-hydrogen) atoms. The van der Waals surface area contributed by atoms with Crippen molar-refractivity contribution in [1.82, 2.24) is 14.8 Å². The molecule has 3 aromatic rings. The van der Waals surface area contributed by atoms with Crippen LogP contribution in [0.3, 0.4) is 0 Å². The average Bonchev–Trinajstić information content (AvgIpc) is 3.15. The van der Waals surface area contributed by atoms with Crippen molar-refractivity contribution in [3.63, 3.8) is 0 Å². The first-order valence-electron chi connectivity index (χ1n) is 7.84. The third-order valence-electron chi connectivity index (χ3n) is 4.52. The lowest BCUT2D eigenvalue weighted by atomic mass is 9.98. The number of nitrogens with one attached hydrogen (secondary N) is 1. The fraction of sp³-hybridized carbons (Fsp3) is 0.222. The van der Waals surface area contributed by atoms with Crippen molar-refractivity contribution in [2.45, 2.75) is 25.7 Å². The van der Waals surface area contributed by atoms with Crippen LogP contribution < -0.4 is 5.73 Å². The Hall–Kier alpha value is -2.82. The summed E-state index contributed by atoms with van der Waals surface area (Å²) in [6.45, 7) is 3.76. The molecule has 0 saturated heterocycles. The number of aromatic nitrogens is 3. The average molecular weight is 306 g/mol. The molecule has 1 aromatic carbocycles. The van der Waals surface area contributed by atoms with Gasteiger partial charge in [0.05, 0.1) is 11.3 Å². The molecular weight excluding hydrogens is 288 g/mol. The number of rotatable bonds is 2. The Balaban J connectivity index is 1.85. The number of nitrogens with two attached hydrogens (primary N) is 1. The van der Waals surface area contributed by atoms with Crippen molar-refractivity contribution >= 4 is 28.7 Å². The molecule has 0 atom stereocenters. The van der Waals surface area contributed by atoms with Gasteiger partial charge in [-0.25, -0.2) is 0 Å². The minimum absolute atomic E-state index is 0.183. The molecule has 2 aromatic heterocycles. The second-order valence-corrected chi connectivity index (χ2v) is 5.93. The zero-order chi connectivity index (χ0) is 16.0. The van der Waals surface area contributed by atoms with Crippen LogP contribution in [0.4, 0.5) is 5.82 Å². The molecule has 1 aliphatic rings. The highest BCUT2D eigenvalue weighted by molar-refractivity contribution is 6.08. The van der Waals surface area contributed by atoms with Gasteiger partial charge in [-0.05, 0) is 50.0 Å². The highest BCUT2D eigenvalue weighted by atomic mass is 16.2. The summed E-state index contributed by atoms with van der Waals surface area (Å²) >= 11 is 0. The smallest absolute Gasteiger partial charge is 0.280 e. The zero-order valence-electron chi connectivity index (χ0n) is 12.8. The van der Waals surface area contributed by atoms with Crippen LogP contribution in [0.25, 0.3) is 17.0 Å². The van der Waals surface area contributed by atoms with Crippen LogP contribution in [0.1, 0.15) is 40.2 Å². The number of fused-ring (bicyclic) bond motifs is 2. The molecule has 0 amide bonds. The van der Waals surface area contributed by atoms with E-state index in [9.17, 15) is 4.79 Å². The Morgan fingerprint density at radius 1 is 1.35 bits per heavy atom. The lowest BCUT2D eigenvalue weighted by Gasteiger charge is -2.08. The van der Waals surface area contributed by atoms with Crippen molar-refractivity contribution < 1.29 is 4.79 Å². The number of carbonyl (C=O) groups excluding carboxylic acids is 1. The lowest BCUT2D eigenvalue weighted by Crippen LogP contribution is -2.16. The molecule has 2 heterocycles. The quantitative estimate of drug-likeness (QED) is 0.763. The topological polar surface area (TPSA) is 76.7 Å². The number of aryl methyl sites for hydroxylation is 1. The highest BCUT2D eigenvalue weighted by Crippen LogP contribution is 2.28. The monoisotopic (exact) mass is 306 g/mol. The number of hydrogen-bond acceptors (Lipinski definition) is 3. The van der Waals surface area contributed by atoms with E-state index in [0.29, 0.717) is 11.4 Å². The number of benzene rings is 1. The molecule has 116 valence electrons. The van der Waals surface area contributed by atoms with Crippen molar-refractivity contribution in [3.05, 3.63) is 53.4 Å². The van der Waals surface area contributed by atoms with E-state index < -0.39 is 0 Å². The molecule has 0 saturated carbocycles. The molecule has 0 bridgehead atoms. The standard InChI is InChI=1S/C18H18N4O/c1-2-11-10-14-12(7-5-9-15(14)20-11)18(23)22-17(19)13-6-3-4-8-16(13)21-22/h2,5,7,9-10,20H,1,3-4,6,8,19H2. The van der Waals surface area contributed by atoms with Gasteiger partial charge in [0, 0.05) is 22.2 Å². The highest BCUT2D eigenvalue weighted by Gasteiger charge is 2.23. The number of carbonyl (C=O) groups is 1. The van der Waals surface area contributed by atoms with E-state index in [-0.39, 0.29) is 5.91 Å². The Labute approximate surface area is 133 Å². The van der Waals surface area contributed by atoms with Crippen LogP contribution in [0.15, 0.2) is 30.8 Å². The van der Waals surface area contributed by atoms with Gasteiger partial charge in [-0.15, -0.1) is 0 Å². The van der Waals surface area contributed by atoms with Crippen LogP contribution in [-0.2, 0) is 12.8 Å². The number of nitrogens with zero attached hydrogens (tertiary/aromatic N) is 2. The molecule has 0 radical (unpaired) electrons. The fourth-order valence-electron chi connectivity index (χ4n) is 3.32. The van der Waals surface area contributed by atoms with Gasteiger partial charge >= 0.3 is 0 Å². The summed E-state index contributed by atoms with van der Waals surface area (Å²) in [6, 6.07) is 7.54. The molecule has 1 aliphatic carbocycles. The molecule has 5 nitrogen and oxygen atoms in total. The number of aromatic amines is 1. The van der Waals surface area contributed by atoms with Crippen molar-refractivity contribution in [3.8, 4) is 0 Å². The Morgan fingerprint density at radius 2 is 2.17 bits per heavy atom. The van der Waals surface area contributed by atoms with Gasteiger partial charge in [0.25, 0.3) is 5.91 Å². The van der Waals surface area contributed by atoms with Gasteiger partial charge in [-0.3, -0.25) is 4.79 Å². The van der Waals surface area contributed by atoms with Crippen LogP contribution in [-0.4, -0.2) is 20.7 Å². The Bertz CT molecular complexity index is 932. The minimum atomic E-state index is -0.183. The first-order chi connectivity index (χ1) is 11.2. The maximum absolute atomic E-state index is 13.0. The van der Waals surface area contributed by atoms with Crippen molar-refractivity contribution in [1.29, 1.82) is 0 Å². The third-order valence-corrected chi connectivity index (χ3v) is 4.52. The van der Waals surface area contributed by atoms with Crippen LogP contribution in [0.2, 0.25) is 0 Å². The summed E-state index contributed by atoms with van der Waals surface area (Å²) in [4.78, 5) is 16.2. The van der Waals surface area contributed by atoms with Crippen molar-refractivity contribution in [2.24, 2.45) is 0 Å². The Morgan fingerprint density at radius 3 is 2.96 bits per heavy atom. The summed E-state index contributed by atoms with van der Waals surface area (Å²) < 4.78 is 1.37. The van der Waals surface area contributed by atoms with Crippen molar-refractivity contribution in [2.75, 3.05) is 5.73 Å². The van der Waals surface area contributed by atoms with Crippen LogP contribution >= 0.6 is 0 Å². The number of H-pyrrole nitrogens is 1. The van der Waals surface area contributed by atoms with E-state index in [0.717, 1.165) is 53.5 Å². The van der Waals surface area contributed by atoms with Gasteiger partial charge in [0.2, 0.25) is 0 Å². The summed E-state index contributed by atoms with van der Waals surface area (Å²) in [7, 11) is 0. The number of hydrogen-bond donors (Lipinski definition) is 2. The van der Waals surface area contributed by atoms with Gasteiger partial charge in [0.1, 0.15) is 5.82 Å². The number of nitrogen functional groups attached to an aromatic ring is 1. The summed E-state index contributed by atoms with van der Waals surface area (Å²) in [5.74, 6) is 0.304. The van der Waals surface area contributed by atoms with Crippen LogP contribution in [0.5, 0.6) is 0 Å². The second-order valence-electron chi connectivity index (χ2n) is 5.93. The molecule has 0 fully saturated rings. The van der Waals surface area contributed by atoms with Gasteiger partial charge in [-0.2, -0.15) is 9.78 Å². The molecule has 4 rings (SSSR count). The maximum Gasteiger partial charge on any atom is 0.280 e. The minimum Gasteiger partial charge on any atom is -0.383 e. The first-order valence-corrected chi connectivity index (χ1v) is 7.84. The van der Waals surface area contributed by atoms with Gasteiger partial charge in [-0.1, -0.05) is 12.6 Å². The zero-order valence-corrected chi connectivity index (χ0v) is 12.8. The lowest BCUT2D eigenvalue weighted by molar-refractivity contribution is 0.0949. The van der Waals surface area contributed by atoms with Gasteiger partial charge in [0.15, 0.2) is 0 Å². The normalized spacial score (nSPS) is 13.9. The first kappa shape index (κ1) is 13.8. The maximum atomic E-state index is 13.0. The summed E-state index contributed by atoms with van der Waals surface area (Å²) in [5, 5.41) is 5.33. The van der Waals surface area contributed by atoms with Gasteiger partial charge < -0.3 is 10.7 Å². The summed E-state index contributed by atoms with van der Waals surface area (Å²) in [5.41, 5.74) is 10.6.